The van der Waals surface area contributed by atoms with Crippen LogP contribution in [0.15, 0.2) is 53.8 Å². The van der Waals surface area contributed by atoms with Crippen molar-refractivity contribution in [3.8, 4) is 0 Å². The lowest BCUT2D eigenvalue weighted by atomic mass is 9.45. The first kappa shape index (κ1) is 29.1. The fourth-order valence-electron chi connectivity index (χ4n) is 8.20. The summed E-state index contributed by atoms with van der Waals surface area (Å²) in [6, 6.07) is 8.60. The molecule has 0 saturated heterocycles. The molecule has 1 aromatic rings. The van der Waals surface area contributed by atoms with Gasteiger partial charge in [0.1, 0.15) is 23.6 Å². The predicted molar refractivity (Wildman–Crippen MR) is 153 cm³/mol. The second-order valence-corrected chi connectivity index (χ2v) is 13.9. The zero-order valence-corrected chi connectivity index (χ0v) is 25.3. The molecule has 4 aliphatic rings. The Kier molecular flexibility index (Phi) is 7.19. The highest BCUT2D eigenvalue weighted by atomic mass is 127. The Labute approximate surface area is 247 Å². The third-order valence-electron chi connectivity index (χ3n) is 10.2. The summed E-state index contributed by atoms with van der Waals surface area (Å²) in [5.41, 5.74) is -2.60. The van der Waals surface area contributed by atoms with Crippen LogP contribution in [0.1, 0.15) is 70.2 Å². The van der Waals surface area contributed by atoms with E-state index in [4.69, 9.17) is 9.47 Å². The number of Topliss-reactive ketones (excluding diaryl/α,β-unsaturated/α-hetero) is 1. The van der Waals surface area contributed by atoms with Crippen LogP contribution >= 0.6 is 22.6 Å². The topological polar surface area (TPSA) is 127 Å². The lowest BCUT2D eigenvalue weighted by Crippen LogP contribution is -2.70. The summed E-state index contributed by atoms with van der Waals surface area (Å²) in [5, 5.41) is 22.2. The van der Waals surface area contributed by atoms with Gasteiger partial charge in [0.2, 0.25) is 0 Å². The Morgan fingerprint density at radius 1 is 1.07 bits per heavy atom. The maximum Gasteiger partial charge on any atom is 0.338 e. The van der Waals surface area contributed by atoms with Gasteiger partial charge in [0.15, 0.2) is 11.6 Å². The van der Waals surface area contributed by atoms with E-state index in [1.165, 1.54) is 19.9 Å². The molecule has 3 fully saturated rings. The standard InChI is InChI=1S/C31H35IO8/c1-17(33)26(36)30(38)13-12-22-23-11-10-20-14-21(35)15-24(39-18(2)34)29(20,4)31(23,32)25(16-28(22,30)3)40-27(37)19-8-6-5-7-9-19/h5-9,14-15,17,22-23,25,33,38H,10-13,16H2,1-4H3/t17?,22-,23-,25+,28-,29+,30-,31-/m0/s1. The molecule has 3 saturated carbocycles. The van der Waals surface area contributed by atoms with E-state index in [9.17, 15) is 29.4 Å². The fraction of sp³-hybridized carbons (Fsp3) is 0.548. The number of aliphatic hydroxyl groups excluding tert-OH is 1. The SMILES string of the molecule is CC(=O)OC1=CC(=O)C=C2CC[C@H]3[C@@H]4CC[C@](O)(C(=O)C(C)O)[C@@]4(C)C[C@@H](OC(=O)c4ccccc4)[C@]3(I)[C@]21C. The number of halogens is 1. The third kappa shape index (κ3) is 3.98. The van der Waals surface area contributed by atoms with Crippen LogP contribution in [0.25, 0.3) is 0 Å². The number of ether oxygens (including phenoxy) is 2. The number of ketones is 2. The molecule has 0 radical (unpaired) electrons. The van der Waals surface area contributed by atoms with Gasteiger partial charge >= 0.3 is 11.9 Å². The monoisotopic (exact) mass is 662 g/mol. The van der Waals surface area contributed by atoms with Gasteiger partial charge in [-0.25, -0.2) is 4.79 Å². The summed E-state index contributed by atoms with van der Waals surface area (Å²) in [5.74, 6) is -2.10. The molecule has 4 aliphatic carbocycles. The van der Waals surface area contributed by atoms with Crippen LogP contribution in [0.4, 0.5) is 0 Å². The summed E-state index contributed by atoms with van der Waals surface area (Å²) in [6.07, 6.45) is 2.81. The minimum absolute atomic E-state index is 0.148. The number of alkyl halides is 1. The van der Waals surface area contributed by atoms with Crippen LogP contribution in [-0.2, 0) is 23.9 Å². The molecule has 8 nitrogen and oxygen atoms in total. The normalized spacial score (nSPS) is 39.1. The Hall–Kier alpha value is -2.37. The van der Waals surface area contributed by atoms with Crippen LogP contribution in [-0.4, -0.2) is 54.9 Å². The fourth-order valence-corrected chi connectivity index (χ4v) is 9.91. The molecular formula is C31H35IO8. The lowest BCUT2D eigenvalue weighted by molar-refractivity contribution is -0.177. The number of esters is 2. The molecule has 40 heavy (non-hydrogen) atoms. The predicted octanol–water partition coefficient (Wildman–Crippen LogP) is 4.26. The number of fused-ring (bicyclic) bond motifs is 5. The van der Waals surface area contributed by atoms with Gasteiger partial charge in [-0.3, -0.25) is 14.4 Å². The van der Waals surface area contributed by atoms with E-state index in [0.717, 1.165) is 5.57 Å². The number of rotatable bonds is 5. The van der Waals surface area contributed by atoms with E-state index in [1.807, 2.05) is 13.8 Å². The van der Waals surface area contributed by atoms with E-state index >= 15 is 0 Å². The maximum atomic E-state index is 13.5. The molecule has 8 atom stereocenters. The zero-order valence-electron chi connectivity index (χ0n) is 23.1. The molecule has 0 aromatic heterocycles. The average Bonchev–Trinajstić information content (AvgIpc) is 3.16. The van der Waals surface area contributed by atoms with Crippen molar-refractivity contribution < 1.29 is 38.9 Å². The molecule has 0 amide bonds. The molecule has 1 unspecified atom stereocenters. The largest absolute Gasteiger partial charge is 0.457 e. The number of allylic oxidation sites excluding steroid dienone is 3. The first-order valence-electron chi connectivity index (χ1n) is 13.8. The Bertz CT molecular complexity index is 1330. The number of hydrogen-bond donors (Lipinski definition) is 2. The Balaban J connectivity index is 1.69. The van der Waals surface area contributed by atoms with Crippen molar-refractivity contribution in [3.63, 3.8) is 0 Å². The van der Waals surface area contributed by atoms with Crippen molar-refractivity contribution in [2.75, 3.05) is 0 Å². The highest BCUT2D eigenvalue weighted by Gasteiger charge is 2.75. The first-order valence-corrected chi connectivity index (χ1v) is 14.8. The van der Waals surface area contributed by atoms with E-state index in [1.54, 1.807) is 36.4 Å². The second kappa shape index (κ2) is 9.87. The van der Waals surface area contributed by atoms with Gasteiger partial charge in [-0.2, -0.15) is 0 Å². The van der Waals surface area contributed by atoms with E-state index in [-0.39, 0.29) is 36.2 Å². The van der Waals surface area contributed by atoms with Crippen molar-refractivity contribution in [2.24, 2.45) is 22.7 Å². The molecule has 214 valence electrons. The minimum Gasteiger partial charge on any atom is -0.457 e. The average molecular weight is 663 g/mol. The van der Waals surface area contributed by atoms with Crippen molar-refractivity contribution in [2.45, 2.75) is 81.0 Å². The molecule has 0 bridgehead atoms. The van der Waals surface area contributed by atoms with Crippen LogP contribution in [0.2, 0.25) is 0 Å². The minimum atomic E-state index is -1.80. The summed E-state index contributed by atoms with van der Waals surface area (Å²) in [6.45, 7) is 6.46. The Morgan fingerprint density at radius 2 is 1.75 bits per heavy atom. The number of aliphatic hydroxyl groups is 2. The lowest BCUT2D eigenvalue weighted by Gasteiger charge is -2.65. The Morgan fingerprint density at radius 3 is 2.38 bits per heavy atom. The summed E-state index contributed by atoms with van der Waals surface area (Å²) in [7, 11) is 0. The molecule has 0 heterocycles. The first-order chi connectivity index (χ1) is 18.7. The van der Waals surface area contributed by atoms with Gasteiger partial charge in [-0.05, 0) is 76.0 Å². The smallest absolute Gasteiger partial charge is 0.338 e. The number of benzene rings is 1. The summed E-state index contributed by atoms with van der Waals surface area (Å²) < 4.78 is 11.2. The molecule has 1 aromatic carbocycles. The van der Waals surface area contributed by atoms with E-state index in [0.29, 0.717) is 24.8 Å². The maximum absolute atomic E-state index is 13.5. The molecule has 0 spiro atoms. The molecule has 5 rings (SSSR count). The van der Waals surface area contributed by atoms with Gasteiger partial charge in [-0.15, -0.1) is 0 Å². The number of carbonyl (C=O) groups excluding carboxylic acids is 4. The van der Waals surface area contributed by atoms with Crippen molar-refractivity contribution in [1.29, 1.82) is 0 Å². The zero-order chi connectivity index (χ0) is 29.3. The quantitative estimate of drug-likeness (QED) is 0.272. The van der Waals surface area contributed by atoms with Crippen LogP contribution in [0.5, 0.6) is 0 Å². The van der Waals surface area contributed by atoms with Gasteiger partial charge in [-0.1, -0.05) is 53.3 Å². The van der Waals surface area contributed by atoms with Crippen molar-refractivity contribution >= 4 is 46.1 Å². The van der Waals surface area contributed by atoms with Gasteiger partial charge in [0.25, 0.3) is 0 Å². The summed E-state index contributed by atoms with van der Waals surface area (Å²) >= 11 is 2.35. The highest BCUT2D eigenvalue weighted by Crippen LogP contribution is 2.73. The summed E-state index contributed by atoms with van der Waals surface area (Å²) in [4.78, 5) is 51.8. The van der Waals surface area contributed by atoms with E-state index in [2.05, 4.69) is 22.6 Å². The van der Waals surface area contributed by atoms with Gasteiger partial charge < -0.3 is 19.7 Å². The number of carbonyl (C=O) groups is 4. The number of hydrogen-bond acceptors (Lipinski definition) is 8. The van der Waals surface area contributed by atoms with E-state index < -0.39 is 49.8 Å². The van der Waals surface area contributed by atoms with Crippen LogP contribution < -0.4 is 0 Å². The second-order valence-electron chi connectivity index (χ2n) is 12.1. The van der Waals surface area contributed by atoms with Gasteiger partial charge in [0.05, 0.1) is 14.4 Å². The third-order valence-corrected chi connectivity index (χ3v) is 12.8. The molecule has 9 heteroatoms. The molecule has 0 aliphatic heterocycles. The van der Waals surface area contributed by atoms with Crippen molar-refractivity contribution in [3.05, 3.63) is 59.4 Å². The van der Waals surface area contributed by atoms with Gasteiger partial charge in [0, 0.05) is 18.4 Å². The van der Waals surface area contributed by atoms with Crippen LogP contribution in [0, 0.1) is 22.7 Å². The highest BCUT2D eigenvalue weighted by molar-refractivity contribution is 14.1. The molecule has 2 N–H and O–H groups in total. The molecular weight excluding hydrogens is 627 g/mol. The van der Waals surface area contributed by atoms with Crippen LogP contribution in [0.3, 0.4) is 0 Å². The van der Waals surface area contributed by atoms with Crippen molar-refractivity contribution in [1.82, 2.24) is 0 Å².